The maximum Gasteiger partial charge on any atom is 0.222 e. The van der Waals surface area contributed by atoms with Crippen LogP contribution >= 0.6 is 15.9 Å². The third-order valence-electron chi connectivity index (χ3n) is 4.44. The van der Waals surface area contributed by atoms with E-state index in [9.17, 15) is 0 Å². The van der Waals surface area contributed by atoms with Crippen LogP contribution < -0.4 is 10.2 Å². The summed E-state index contributed by atoms with van der Waals surface area (Å²) in [5.74, 6) is 1.62. The lowest BCUT2D eigenvalue weighted by Crippen LogP contribution is -2.43. The van der Waals surface area contributed by atoms with Crippen LogP contribution in [0.3, 0.4) is 0 Å². The van der Waals surface area contributed by atoms with Gasteiger partial charge in [0.15, 0.2) is 5.88 Å². The van der Waals surface area contributed by atoms with Crippen LogP contribution in [-0.2, 0) is 0 Å². The van der Waals surface area contributed by atoms with Crippen molar-refractivity contribution in [2.24, 2.45) is 0 Å². The predicted molar refractivity (Wildman–Crippen MR) is 99.4 cm³/mol. The molecule has 1 N–H and O–H groups in total. The van der Waals surface area contributed by atoms with Crippen LogP contribution in [0.1, 0.15) is 19.3 Å². The minimum atomic E-state index is 0.381. The molecule has 124 valence electrons. The Hall–Kier alpha value is -2.08. The number of aromatic nitrogens is 2. The Kier molecular flexibility index (Phi) is 4.38. The fraction of sp³-hybridized carbons (Fsp3) is 0.333. The molecule has 0 bridgehead atoms. The first-order valence-corrected chi connectivity index (χ1v) is 9.05. The first-order chi connectivity index (χ1) is 11.8. The lowest BCUT2D eigenvalue weighted by molar-refractivity contribution is 0.440. The Morgan fingerprint density at radius 1 is 1.21 bits per heavy atom. The highest BCUT2D eigenvalue weighted by Crippen LogP contribution is 2.30. The number of hydrogen-bond donors (Lipinski definition) is 1. The molecule has 0 unspecified atom stereocenters. The standard InChI is InChI=1S/C18H19BrN4O/c19-14-10-20-18(21-11-14)22-12-15-6-3-4-8-23(15)17-9-13-5-1-2-7-16(13)24-17/h1-2,5,7,9-11,15H,3-4,6,8,12H2,(H,20,21,22)/t15-/m0/s1. The summed E-state index contributed by atoms with van der Waals surface area (Å²) in [6, 6.07) is 10.7. The molecule has 1 saturated heterocycles. The van der Waals surface area contributed by atoms with E-state index in [4.69, 9.17) is 4.42 Å². The molecule has 3 heterocycles. The van der Waals surface area contributed by atoms with Crippen molar-refractivity contribution in [2.45, 2.75) is 25.3 Å². The minimum Gasteiger partial charge on any atom is -0.441 e. The lowest BCUT2D eigenvalue weighted by Gasteiger charge is -2.35. The molecular formula is C18H19BrN4O. The molecule has 5 nitrogen and oxygen atoms in total. The number of furan rings is 1. The maximum atomic E-state index is 6.07. The second-order valence-electron chi connectivity index (χ2n) is 6.07. The molecule has 1 aromatic carbocycles. The highest BCUT2D eigenvalue weighted by atomic mass is 79.9. The summed E-state index contributed by atoms with van der Waals surface area (Å²) in [7, 11) is 0. The SMILES string of the molecule is Brc1cnc(NC[C@@H]2CCCCN2c2cc3ccccc3o2)nc1. The molecule has 24 heavy (non-hydrogen) atoms. The van der Waals surface area contributed by atoms with Gasteiger partial charge in [-0.25, -0.2) is 9.97 Å². The van der Waals surface area contributed by atoms with Crippen molar-refractivity contribution in [3.8, 4) is 0 Å². The number of nitrogens with zero attached hydrogens (tertiary/aromatic N) is 3. The summed E-state index contributed by atoms with van der Waals surface area (Å²) in [5.41, 5.74) is 0.945. The van der Waals surface area contributed by atoms with Crippen LogP contribution in [0.25, 0.3) is 11.0 Å². The van der Waals surface area contributed by atoms with Crippen LogP contribution in [0.15, 0.2) is 51.6 Å². The number of hydrogen-bond acceptors (Lipinski definition) is 5. The summed E-state index contributed by atoms with van der Waals surface area (Å²) in [6.07, 6.45) is 7.09. The number of fused-ring (bicyclic) bond motifs is 1. The van der Waals surface area contributed by atoms with Crippen LogP contribution in [-0.4, -0.2) is 29.1 Å². The first kappa shape index (κ1) is 15.4. The number of para-hydroxylation sites is 1. The number of benzene rings is 1. The van der Waals surface area contributed by atoms with Crippen molar-refractivity contribution >= 4 is 38.7 Å². The Morgan fingerprint density at radius 3 is 2.88 bits per heavy atom. The van der Waals surface area contributed by atoms with Gasteiger partial charge < -0.3 is 14.6 Å². The molecule has 1 atom stereocenters. The number of nitrogens with one attached hydrogen (secondary N) is 1. The first-order valence-electron chi connectivity index (χ1n) is 8.26. The van der Waals surface area contributed by atoms with Crippen molar-refractivity contribution in [2.75, 3.05) is 23.3 Å². The van der Waals surface area contributed by atoms with Crippen LogP contribution in [0.5, 0.6) is 0 Å². The average Bonchev–Trinajstić information content (AvgIpc) is 3.05. The molecule has 2 aromatic heterocycles. The quantitative estimate of drug-likeness (QED) is 0.717. The highest BCUT2D eigenvalue weighted by molar-refractivity contribution is 9.10. The van der Waals surface area contributed by atoms with Crippen molar-refractivity contribution in [1.29, 1.82) is 0 Å². The van der Waals surface area contributed by atoms with Crippen molar-refractivity contribution in [3.05, 3.63) is 47.2 Å². The van der Waals surface area contributed by atoms with Gasteiger partial charge in [0.25, 0.3) is 0 Å². The van der Waals surface area contributed by atoms with E-state index in [-0.39, 0.29) is 0 Å². The van der Waals surface area contributed by atoms with E-state index in [2.05, 4.69) is 48.2 Å². The third kappa shape index (κ3) is 3.24. The molecule has 3 aromatic rings. The summed E-state index contributed by atoms with van der Waals surface area (Å²) in [5, 5.41) is 4.50. The molecule has 0 spiro atoms. The van der Waals surface area contributed by atoms with E-state index < -0.39 is 0 Å². The Morgan fingerprint density at radius 2 is 2.04 bits per heavy atom. The van der Waals surface area contributed by atoms with Gasteiger partial charge in [-0.3, -0.25) is 0 Å². The molecular weight excluding hydrogens is 368 g/mol. The smallest absolute Gasteiger partial charge is 0.222 e. The van der Waals surface area contributed by atoms with Crippen molar-refractivity contribution in [3.63, 3.8) is 0 Å². The molecule has 1 aliphatic heterocycles. The Bertz CT molecular complexity index is 784. The molecule has 0 aliphatic carbocycles. The second kappa shape index (κ2) is 6.81. The zero-order chi connectivity index (χ0) is 16.4. The topological polar surface area (TPSA) is 54.2 Å². The zero-order valence-electron chi connectivity index (χ0n) is 13.3. The number of halogens is 1. The van der Waals surface area contributed by atoms with E-state index in [1.807, 2.05) is 18.2 Å². The average molecular weight is 387 g/mol. The third-order valence-corrected chi connectivity index (χ3v) is 4.85. The van der Waals surface area contributed by atoms with Crippen molar-refractivity contribution in [1.82, 2.24) is 9.97 Å². The van der Waals surface area contributed by atoms with E-state index in [1.54, 1.807) is 12.4 Å². The summed E-state index contributed by atoms with van der Waals surface area (Å²) in [6.45, 7) is 1.83. The van der Waals surface area contributed by atoms with Gasteiger partial charge in [-0.05, 0) is 41.3 Å². The van der Waals surface area contributed by atoms with E-state index in [0.717, 1.165) is 40.8 Å². The van der Waals surface area contributed by atoms with Gasteiger partial charge >= 0.3 is 0 Å². The van der Waals surface area contributed by atoms with Gasteiger partial charge in [-0.1, -0.05) is 18.2 Å². The van der Waals surface area contributed by atoms with Gasteiger partial charge in [0.1, 0.15) is 5.58 Å². The maximum absolute atomic E-state index is 6.07. The summed E-state index contributed by atoms with van der Waals surface area (Å²) < 4.78 is 6.95. The normalized spacial score (nSPS) is 18.0. The Labute approximate surface area is 149 Å². The fourth-order valence-corrected chi connectivity index (χ4v) is 3.43. The van der Waals surface area contributed by atoms with Crippen LogP contribution in [0.4, 0.5) is 11.8 Å². The van der Waals surface area contributed by atoms with E-state index in [0.29, 0.717) is 12.0 Å². The fourth-order valence-electron chi connectivity index (χ4n) is 3.22. The molecule has 0 saturated carbocycles. The number of rotatable bonds is 4. The molecule has 1 aliphatic rings. The Balaban J connectivity index is 1.51. The second-order valence-corrected chi connectivity index (χ2v) is 6.99. The zero-order valence-corrected chi connectivity index (χ0v) is 14.9. The van der Waals surface area contributed by atoms with Crippen LogP contribution in [0, 0.1) is 0 Å². The molecule has 6 heteroatoms. The van der Waals surface area contributed by atoms with Gasteiger partial charge in [0.05, 0.1) is 4.47 Å². The van der Waals surface area contributed by atoms with Gasteiger partial charge in [-0.15, -0.1) is 0 Å². The van der Waals surface area contributed by atoms with Gasteiger partial charge in [0.2, 0.25) is 5.95 Å². The molecule has 0 amide bonds. The minimum absolute atomic E-state index is 0.381. The summed E-state index contributed by atoms with van der Waals surface area (Å²) in [4.78, 5) is 10.9. The predicted octanol–water partition coefficient (Wildman–Crippen LogP) is 4.46. The molecule has 0 radical (unpaired) electrons. The van der Waals surface area contributed by atoms with Crippen molar-refractivity contribution < 1.29 is 4.42 Å². The van der Waals surface area contributed by atoms with Gasteiger partial charge in [0, 0.05) is 43.0 Å². The monoisotopic (exact) mass is 386 g/mol. The van der Waals surface area contributed by atoms with E-state index >= 15 is 0 Å². The van der Waals surface area contributed by atoms with E-state index in [1.165, 1.54) is 12.8 Å². The highest BCUT2D eigenvalue weighted by Gasteiger charge is 2.25. The summed E-state index contributed by atoms with van der Waals surface area (Å²) >= 11 is 3.36. The molecule has 4 rings (SSSR count). The lowest BCUT2D eigenvalue weighted by atomic mass is 10.0. The number of anilines is 2. The largest absolute Gasteiger partial charge is 0.441 e. The number of piperidine rings is 1. The molecule has 1 fully saturated rings. The van der Waals surface area contributed by atoms with Crippen LogP contribution in [0.2, 0.25) is 0 Å². The van der Waals surface area contributed by atoms with Gasteiger partial charge in [-0.2, -0.15) is 0 Å².